The highest BCUT2D eigenvalue weighted by Gasteiger charge is 2.15. The molecule has 150 valence electrons. The van der Waals surface area contributed by atoms with Gasteiger partial charge in [-0.2, -0.15) is 5.10 Å². The van der Waals surface area contributed by atoms with Gasteiger partial charge in [0.1, 0.15) is 10.2 Å². The molecule has 0 spiro atoms. The van der Waals surface area contributed by atoms with Crippen molar-refractivity contribution in [2.45, 2.75) is 0 Å². The van der Waals surface area contributed by atoms with E-state index in [1.165, 1.54) is 23.9 Å². The number of thiophene rings is 1. The number of hydrogen-bond acceptors (Lipinski definition) is 8. The zero-order valence-corrected chi connectivity index (χ0v) is 17.5. The van der Waals surface area contributed by atoms with Gasteiger partial charge in [-0.3, -0.25) is 9.59 Å². The topological polar surface area (TPSA) is 109 Å². The van der Waals surface area contributed by atoms with Crippen LogP contribution < -0.4 is 15.8 Å². The standard InChI is InChI=1S/C19H15N7O2S2/c1-25(2)19-24-18-14(30-19)7-13(29-18)17(28)23-10-3-5-11(6-4-10)26-15-12(8-22-26)16(27)21-9-20-15/h3-9H,1-2H3,(H,23,28)(H,20,21,27). The Balaban J connectivity index is 1.36. The molecule has 0 aliphatic rings. The van der Waals surface area contributed by atoms with E-state index in [9.17, 15) is 9.59 Å². The monoisotopic (exact) mass is 437 g/mol. The molecule has 0 aliphatic heterocycles. The summed E-state index contributed by atoms with van der Waals surface area (Å²) in [4.78, 5) is 39.1. The first-order valence-corrected chi connectivity index (χ1v) is 10.5. The van der Waals surface area contributed by atoms with Gasteiger partial charge in [-0.1, -0.05) is 11.3 Å². The molecule has 4 heterocycles. The highest BCUT2D eigenvalue weighted by molar-refractivity contribution is 7.29. The van der Waals surface area contributed by atoms with Gasteiger partial charge in [-0.15, -0.1) is 11.3 Å². The number of amides is 1. The lowest BCUT2D eigenvalue weighted by atomic mass is 10.2. The largest absolute Gasteiger partial charge is 0.354 e. The zero-order chi connectivity index (χ0) is 20.8. The summed E-state index contributed by atoms with van der Waals surface area (Å²) in [6.45, 7) is 0. The molecular formula is C19H15N7O2S2. The highest BCUT2D eigenvalue weighted by Crippen LogP contribution is 2.34. The number of anilines is 2. The van der Waals surface area contributed by atoms with E-state index in [1.54, 1.807) is 28.2 Å². The van der Waals surface area contributed by atoms with E-state index in [0.717, 1.165) is 20.3 Å². The number of H-pyrrole nitrogens is 1. The number of hydrogen-bond donors (Lipinski definition) is 2. The Hall–Kier alpha value is -3.57. The Morgan fingerprint density at radius 2 is 2.00 bits per heavy atom. The lowest BCUT2D eigenvalue weighted by Gasteiger charge is -2.06. The van der Waals surface area contributed by atoms with Crippen LogP contribution in [-0.2, 0) is 0 Å². The predicted octanol–water partition coefficient (Wildman–Crippen LogP) is 3.10. The fourth-order valence-corrected chi connectivity index (χ4v) is 4.98. The smallest absolute Gasteiger partial charge is 0.265 e. The van der Waals surface area contributed by atoms with Crippen molar-refractivity contribution in [3.8, 4) is 5.69 Å². The van der Waals surface area contributed by atoms with E-state index in [2.05, 4.69) is 25.4 Å². The predicted molar refractivity (Wildman–Crippen MR) is 119 cm³/mol. The fourth-order valence-electron chi connectivity index (χ4n) is 2.95. The molecule has 4 aromatic heterocycles. The highest BCUT2D eigenvalue weighted by atomic mass is 32.1. The molecule has 1 amide bonds. The third-order valence-corrected chi connectivity index (χ3v) is 6.75. The first-order chi connectivity index (χ1) is 14.5. The maximum absolute atomic E-state index is 12.6. The van der Waals surface area contributed by atoms with Gasteiger partial charge in [-0.25, -0.2) is 14.6 Å². The number of carbonyl (C=O) groups is 1. The molecule has 9 nitrogen and oxygen atoms in total. The molecule has 30 heavy (non-hydrogen) atoms. The van der Waals surface area contributed by atoms with Crippen LogP contribution in [0.5, 0.6) is 0 Å². The summed E-state index contributed by atoms with van der Waals surface area (Å²) >= 11 is 2.93. The van der Waals surface area contributed by atoms with Crippen LogP contribution in [-0.4, -0.2) is 44.7 Å². The normalized spacial score (nSPS) is 11.3. The lowest BCUT2D eigenvalue weighted by Crippen LogP contribution is -2.10. The molecule has 2 N–H and O–H groups in total. The SMILES string of the molecule is CN(C)c1nc2sc(C(=O)Nc3ccc(-n4ncc5c(=O)[nH]cnc54)cc3)cc2s1. The molecule has 0 radical (unpaired) electrons. The van der Waals surface area contributed by atoms with Crippen LogP contribution >= 0.6 is 22.7 Å². The summed E-state index contributed by atoms with van der Waals surface area (Å²) < 4.78 is 2.58. The van der Waals surface area contributed by atoms with Gasteiger partial charge in [0, 0.05) is 19.8 Å². The maximum Gasteiger partial charge on any atom is 0.265 e. The average molecular weight is 438 g/mol. The summed E-state index contributed by atoms with van der Waals surface area (Å²) in [6.07, 6.45) is 2.83. The molecule has 0 unspecified atom stereocenters. The van der Waals surface area contributed by atoms with Crippen LogP contribution in [0.4, 0.5) is 10.8 Å². The van der Waals surface area contributed by atoms with Crippen LogP contribution in [0.2, 0.25) is 0 Å². The summed E-state index contributed by atoms with van der Waals surface area (Å²) in [5, 5.41) is 8.48. The number of benzene rings is 1. The third kappa shape index (κ3) is 3.13. The van der Waals surface area contributed by atoms with Crippen molar-refractivity contribution in [3.05, 3.63) is 58.1 Å². The fraction of sp³-hybridized carbons (Fsp3) is 0.105. The Morgan fingerprint density at radius 3 is 2.73 bits per heavy atom. The molecule has 0 atom stereocenters. The van der Waals surface area contributed by atoms with Crippen molar-refractivity contribution in [1.82, 2.24) is 24.7 Å². The summed E-state index contributed by atoms with van der Waals surface area (Å²) in [6, 6.07) is 9.05. The number of thiazole rings is 1. The van der Waals surface area contributed by atoms with Gasteiger partial charge in [0.25, 0.3) is 11.5 Å². The number of carbonyl (C=O) groups excluding carboxylic acids is 1. The van der Waals surface area contributed by atoms with Gasteiger partial charge in [0.15, 0.2) is 10.8 Å². The van der Waals surface area contributed by atoms with Crippen molar-refractivity contribution < 1.29 is 4.79 Å². The Bertz CT molecular complexity index is 1410. The first kappa shape index (κ1) is 18.5. The van der Waals surface area contributed by atoms with Gasteiger partial charge in [-0.05, 0) is 30.3 Å². The van der Waals surface area contributed by atoms with Crippen molar-refractivity contribution >= 4 is 60.0 Å². The lowest BCUT2D eigenvalue weighted by molar-refractivity contribution is 0.103. The molecular weight excluding hydrogens is 422 g/mol. The number of nitrogens with zero attached hydrogens (tertiary/aromatic N) is 5. The van der Waals surface area contributed by atoms with Crippen LogP contribution in [0.25, 0.3) is 26.3 Å². The van der Waals surface area contributed by atoms with Crippen molar-refractivity contribution in [1.29, 1.82) is 0 Å². The van der Waals surface area contributed by atoms with Crippen LogP contribution in [0, 0.1) is 0 Å². The Morgan fingerprint density at radius 1 is 1.20 bits per heavy atom. The second-order valence-electron chi connectivity index (χ2n) is 6.70. The van der Waals surface area contributed by atoms with Crippen molar-refractivity contribution in [2.24, 2.45) is 0 Å². The molecule has 5 aromatic rings. The molecule has 0 saturated carbocycles. The zero-order valence-electron chi connectivity index (χ0n) is 15.9. The van der Waals surface area contributed by atoms with E-state index < -0.39 is 0 Å². The third-order valence-electron chi connectivity index (χ3n) is 4.43. The van der Waals surface area contributed by atoms with Gasteiger partial charge >= 0.3 is 0 Å². The van der Waals surface area contributed by atoms with E-state index in [1.807, 2.05) is 37.2 Å². The van der Waals surface area contributed by atoms with E-state index in [4.69, 9.17) is 0 Å². The van der Waals surface area contributed by atoms with Crippen molar-refractivity contribution in [2.75, 3.05) is 24.3 Å². The van der Waals surface area contributed by atoms with Crippen molar-refractivity contribution in [3.63, 3.8) is 0 Å². The minimum absolute atomic E-state index is 0.179. The number of nitrogens with one attached hydrogen (secondary N) is 2. The minimum Gasteiger partial charge on any atom is -0.354 e. The van der Waals surface area contributed by atoms with Crippen LogP contribution in [0.3, 0.4) is 0 Å². The number of aromatic nitrogens is 5. The van der Waals surface area contributed by atoms with Gasteiger partial charge < -0.3 is 15.2 Å². The molecule has 0 aliphatic carbocycles. The van der Waals surface area contributed by atoms with E-state index in [0.29, 0.717) is 21.6 Å². The van der Waals surface area contributed by atoms with E-state index in [-0.39, 0.29) is 11.5 Å². The number of rotatable bonds is 4. The second-order valence-corrected chi connectivity index (χ2v) is 8.74. The van der Waals surface area contributed by atoms with Crippen LogP contribution in [0.15, 0.2) is 47.7 Å². The maximum atomic E-state index is 12.6. The first-order valence-electron chi connectivity index (χ1n) is 8.90. The average Bonchev–Trinajstić information content (AvgIpc) is 3.42. The Labute approximate surface area is 177 Å². The summed E-state index contributed by atoms with van der Waals surface area (Å²) in [5.41, 5.74) is 1.62. The molecule has 0 saturated heterocycles. The minimum atomic E-state index is -0.238. The Kier molecular flexibility index (Phi) is 4.33. The van der Waals surface area contributed by atoms with Gasteiger partial charge in [0.2, 0.25) is 0 Å². The van der Waals surface area contributed by atoms with Crippen LogP contribution in [0.1, 0.15) is 9.67 Å². The molecule has 0 fully saturated rings. The second kappa shape index (κ2) is 7.04. The molecule has 1 aromatic carbocycles. The molecule has 0 bridgehead atoms. The number of fused-ring (bicyclic) bond motifs is 2. The number of aromatic amines is 1. The van der Waals surface area contributed by atoms with E-state index >= 15 is 0 Å². The molecule has 5 rings (SSSR count). The molecule has 11 heteroatoms. The summed E-state index contributed by atoms with van der Waals surface area (Å²) in [5.74, 6) is -0.179. The summed E-state index contributed by atoms with van der Waals surface area (Å²) in [7, 11) is 3.89. The quantitative estimate of drug-likeness (QED) is 0.447. The van der Waals surface area contributed by atoms with Gasteiger partial charge in [0.05, 0.1) is 27.8 Å².